The predicted octanol–water partition coefficient (Wildman–Crippen LogP) is 2.58. The van der Waals surface area contributed by atoms with Gasteiger partial charge in [0.05, 0.1) is 35.9 Å². The van der Waals surface area contributed by atoms with E-state index >= 15 is 4.39 Å². The third-order valence-corrected chi connectivity index (χ3v) is 6.58. The lowest BCUT2D eigenvalue weighted by Crippen LogP contribution is -2.35. The maximum absolute atomic E-state index is 15.1. The second-order valence-electron chi connectivity index (χ2n) is 7.00. The standard InChI is InChI=1S/C18H21F3N2O5S/c1-2-27-17(24)22-10-12-9-15(23-28-12)11-7-13(19)16(14(20)8-11)18(21)3-5-29(25,26)6-4-18/h7-8,12H,2-6,9-10H2,1H3,(H,22,24)/t12-/m1/s1. The van der Waals surface area contributed by atoms with Crippen molar-refractivity contribution in [3.63, 3.8) is 0 Å². The van der Waals surface area contributed by atoms with Crippen molar-refractivity contribution in [1.82, 2.24) is 5.32 Å². The molecule has 2 aliphatic heterocycles. The number of hydrogen-bond acceptors (Lipinski definition) is 6. The Labute approximate surface area is 166 Å². The first kappa shape index (κ1) is 21.4. The molecule has 0 radical (unpaired) electrons. The number of sulfone groups is 1. The fraction of sp³-hybridized carbons (Fsp3) is 0.556. The van der Waals surface area contributed by atoms with E-state index in [9.17, 15) is 22.0 Å². The fourth-order valence-corrected chi connectivity index (χ4v) is 4.84. The summed E-state index contributed by atoms with van der Waals surface area (Å²) >= 11 is 0. The molecule has 7 nitrogen and oxygen atoms in total. The Balaban J connectivity index is 1.71. The highest BCUT2D eigenvalue weighted by Crippen LogP contribution is 2.41. The minimum Gasteiger partial charge on any atom is -0.450 e. The highest BCUT2D eigenvalue weighted by Gasteiger charge is 2.43. The SMILES string of the molecule is CCOC(=O)NC[C@H]1CC(c2cc(F)c(C3(F)CCS(=O)(=O)CC3)c(F)c2)=NO1. The summed E-state index contributed by atoms with van der Waals surface area (Å²) < 4.78 is 72.1. The minimum atomic E-state index is -3.39. The largest absolute Gasteiger partial charge is 0.450 e. The summed E-state index contributed by atoms with van der Waals surface area (Å²) in [5, 5.41) is 6.27. The average Bonchev–Trinajstić information content (AvgIpc) is 3.12. The van der Waals surface area contributed by atoms with Crippen molar-refractivity contribution in [3.05, 3.63) is 34.9 Å². The number of carbonyl (C=O) groups is 1. The Hall–Kier alpha value is -2.30. The molecule has 0 saturated carbocycles. The molecule has 0 bridgehead atoms. The van der Waals surface area contributed by atoms with Gasteiger partial charge in [-0.2, -0.15) is 0 Å². The molecule has 0 unspecified atom stereocenters. The van der Waals surface area contributed by atoms with Crippen LogP contribution in [-0.2, 0) is 25.1 Å². The van der Waals surface area contributed by atoms with Crippen molar-refractivity contribution in [2.24, 2.45) is 5.16 Å². The Bertz CT molecular complexity index is 898. The number of hydrogen-bond donors (Lipinski definition) is 1. The van der Waals surface area contributed by atoms with Crippen LogP contribution in [0.2, 0.25) is 0 Å². The van der Waals surface area contributed by atoms with Gasteiger partial charge < -0.3 is 14.9 Å². The normalized spacial score (nSPS) is 22.5. The summed E-state index contributed by atoms with van der Waals surface area (Å²) in [6.07, 6.45) is -1.95. The van der Waals surface area contributed by atoms with Gasteiger partial charge in [-0.1, -0.05) is 5.16 Å². The van der Waals surface area contributed by atoms with Crippen LogP contribution in [0, 0.1) is 11.6 Å². The van der Waals surface area contributed by atoms with Gasteiger partial charge in [-0.15, -0.1) is 0 Å². The van der Waals surface area contributed by atoms with Gasteiger partial charge in [0.2, 0.25) is 0 Å². The maximum atomic E-state index is 15.1. The Kier molecular flexibility index (Phi) is 6.06. The predicted molar refractivity (Wildman–Crippen MR) is 98.1 cm³/mol. The summed E-state index contributed by atoms with van der Waals surface area (Å²) in [5.74, 6) is -3.12. The number of ether oxygens (including phenoxy) is 1. The van der Waals surface area contributed by atoms with E-state index in [1.807, 2.05) is 0 Å². The quantitative estimate of drug-likeness (QED) is 0.769. The third-order valence-electron chi connectivity index (χ3n) is 4.92. The first-order valence-electron chi connectivity index (χ1n) is 9.16. The van der Waals surface area contributed by atoms with Crippen LogP contribution >= 0.6 is 0 Å². The molecule has 1 aromatic rings. The van der Waals surface area contributed by atoms with Crippen molar-refractivity contribution in [2.45, 2.75) is 38.0 Å². The fourth-order valence-electron chi connectivity index (χ4n) is 3.37. The number of amides is 1. The van der Waals surface area contributed by atoms with Crippen LogP contribution < -0.4 is 5.32 Å². The van der Waals surface area contributed by atoms with Gasteiger partial charge in [0.1, 0.15) is 17.3 Å². The van der Waals surface area contributed by atoms with E-state index in [2.05, 4.69) is 10.5 Å². The highest BCUT2D eigenvalue weighted by molar-refractivity contribution is 7.91. The van der Waals surface area contributed by atoms with E-state index in [1.54, 1.807) is 6.92 Å². The second kappa shape index (κ2) is 8.21. The number of nitrogens with one attached hydrogen (secondary N) is 1. The molecule has 1 saturated heterocycles. The molecular weight excluding hydrogens is 413 g/mol. The molecule has 11 heteroatoms. The van der Waals surface area contributed by atoms with Crippen LogP contribution in [0.25, 0.3) is 0 Å². The van der Waals surface area contributed by atoms with Crippen molar-refractivity contribution in [1.29, 1.82) is 0 Å². The molecule has 0 aromatic heterocycles. The van der Waals surface area contributed by atoms with Crippen LogP contribution in [0.1, 0.15) is 37.3 Å². The Morgan fingerprint density at radius 3 is 2.52 bits per heavy atom. The molecule has 160 valence electrons. The number of carbonyl (C=O) groups excluding carboxylic acids is 1. The number of rotatable bonds is 5. The average molecular weight is 434 g/mol. The molecule has 2 aliphatic rings. The first-order chi connectivity index (χ1) is 13.6. The number of alkyl halides is 1. The van der Waals surface area contributed by atoms with Gasteiger partial charge in [0.25, 0.3) is 0 Å². The Morgan fingerprint density at radius 1 is 1.31 bits per heavy atom. The van der Waals surface area contributed by atoms with E-state index in [0.717, 1.165) is 12.1 Å². The van der Waals surface area contributed by atoms with Crippen molar-refractivity contribution in [3.8, 4) is 0 Å². The zero-order valence-corrected chi connectivity index (χ0v) is 16.5. The van der Waals surface area contributed by atoms with Gasteiger partial charge in [-0.25, -0.2) is 26.4 Å². The van der Waals surface area contributed by atoms with E-state index in [-0.39, 0.29) is 30.8 Å². The van der Waals surface area contributed by atoms with Gasteiger partial charge in [-0.3, -0.25) is 0 Å². The first-order valence-corrected chi connectivity index (χ1v) is 11.0. The molecule has 1 atom stereocenters. The summed E-state index contributed by atoms with van der Waals surface area (Å²) in [7, 11) is -3.39. The van der Waals surface area contributed by atoms with Gasteiger partial charge >= 0.3 is 6.09 Å². The van der Waals surface area contributed by atoms with Gasteiger partial charge in [0.15, 0.2) is 15.9 Å². The number of benzene rings is 1. The second-order valence-corrected chi connectivity index (χ2v) is 9.31. The maximum Gasteiger partial charge on any atom is 0.407 e. The highest BCUT2D eigenvalue weighted by atomic mass is 32.2. The van der Waals surface area contributed by atoms with Gasteiger partial charge in [-0.05, 0) is 31.9 Å². The zero-order chi connectivity index (χ0) is 21.2. The lowest BCUT2D eigenvalue weighted by Gasteiger charge is -2.30. The molecule has 0 spiro atoms. The van der Waals surface area contributed by atoms with Crippen molar-refractivity contribution in [2.75, 3.05) is 24.7 Å². The zero-order valence-electron chi connectivity index (χ0n) is 15.7. The summed E-state index contributed by atoms with van der Waals surface area (Å²) in [6, 6.07) is 1.93. The molecule has 1 N–H and O–H groups in total. The number of nitrogens with zero attached hydrogens (tertiary/aromatic N) is 1. The molecule has 0 aliphatic carbocycles. The molecule has 1 fully saturated rings. The number of oxime groups is 1. The molecular formula is C18H21F3N2O5S. The summed E-state index contributed by atoms with van der Waals surface area (Å²) in [5.41, 5.74) is -2.78. The third kappa shape index (κ3) is 4.82. The molecule has 3 rings (SSSR count). The summed E-state index contributed by atoms with van der Waals surface area (Å²) in [4.78, 5) is 16.4. The molecule has 29 heavy (non-hydrogen) atoms. The van der Waals surface area contributed by atoms with E-state index in [0.29, 0.717) is 0 Å². The molecule has 1 aromatic carbocycles. The molecule has 2 heterocycles. The molecule has 1 amide bonds. The van der Waals surface area contributed by atoms with Crippen LogP contribution in [0.4, 0.5) is 18.0 Å². The van der Waals surface area contributed by atoms with E-state index in [4.69, 9.17) is 9.57 Å². The topological polar surface area (TPSA) is 94.1 Å². The number of halogens is 3. The van der Waals surface area contributed by atoms with Crippen LogP contribution in [0.3, 0.4) is 0 Å². The smallest absolute Gasteiger partial charge is 0.407 e. The van der Waals surface area contributed by atoms with Crippen molar-refractivity contribution < 1.29 is 36.0 Å². The van der Waals surface area contributed by atoms with Crippen LogP contribution in [0.5, 0.6) is 0 Å². The van der Waals surface area contributed by atoms with E-state index in [1.165, 1.54) is 0 Å². The Morgan fingerprint density at radius 2 is 1.93 bits per heavy atom. The minimum absolute atomic E-state index is 0.0921. The lowest BCUT2D eigenvalue weighted by molar-refractivity contribution is 0.0811. The van der Waals surface area contributed by atoms with Crippen LogP contribution in [0.15, 0.2) is 17.3 Å². The van der Waals surface area contributed by atoms with Crippen molar-refractivity contribution >= 4 is 21.6 Å². The monoisotopic (exact) mass is 434 g/mol. The number of alkyl carbamates (subject to hydrolysis) is 1. The summed E-state index contributed by atoms with van der Waals surface area (Å²) in [6.45, 7) is 1.97. The van der Waals surface area contributed by atoms with E-state index < -0.39 is 69.2 Å². The lowest BCUT2D eigenvalue weighted by atomic mass is 9.87. The van der Waals surface area contributed by atoms with Gasteiger partial charge in [0, 0.05) is 12.0 Å². The van der Waals surface area contributed by atoms with Crippen LogP contribution in [-0.4, -0.2) is 51.0 Å².